The molecular weight excluding hydrogens is 425 g/mol. The van der Waals surface area contributed by atoms with Gasteiger partial charge in [0, 0.05) is 10.4 Å². The van der Waals surface area contributed by atoms with E-state index >= 15 is 0 Å². The van der Waals surface area contributed by atoms with Gasteiger partial charge in [0.1, 0.15) is 18.0 Å². The van der Waals surface area contributed by atoms with Crippen molar-refractivity contribution in [2.75, 3.05) is 5.32 Å². The van der Waals surface area contributed by atoms with Crippen LogP contribution in [0.3, 0.4) is 0 Å². The molecule has 6 nitrogen and oxygen atoms in total. The number of carbonyl (C=O) groups excluding carboxylic acids is 1. The average molecular weight is 440 g/mol. The second-order valence-corrected chi connectivity index (χ2v) is 8.53. The molecule has 0 aliphatic heterocycles. The number of hydrogen-bond acceptors (Lipinski definition) is 5. The maximum Gasteiger partial charge on any atom is 0.237 e. The van der Waals surface area contributed by atoms with Crippen molar-refractivity contribution in [3.63, 3.8) is 0 Å². The molecule has 1 fully saturated rings. The topological polar surface area (TPSA) is 102 Å². The van der Waals surface area contributed by atoms with Crippen molar-refractivity contribution in [3.05, 3.63) is 51.3 Å². The molecule has 1 saturated carbocycles. The van der Waals surface area contributed by atoms with Crippen molar-refractivity contribution in [3.8, 4) is 12.1 Å². The van der Waals surface area contributed by atoms with Gasteiger partial charge in [-0.1, -0.05) is 13.8 Å². The molecule has 28 heavy (non-hydrogen) atoms. The monoisotopic (exact) mass is 439 g/mol. The zero-order chi connectivity index (χ0) is 20.3. The smallest absolute Gasteiger partial charge is 0.237 e. The first-order chi connectivity index (χ1) is 13.3. The highest BCUT2D eigenvalue weighted by atomic mass is 79.9. The molecule has 2 bridgehead atoms. The zero-order valence-electron chi connectivity index (χ0n) is 15.2. The van der Waals surface area contributed by atoms with Crippen LogP contribution in [0.4, 0.5) is 10.1 Å². The lowest BCUT2D eigenvalue weighted by molar-refractivity contribution is -0.124. The predicted octanol–water partition coefficient (Wildman–Crippen LogP) is 3.92. The molecule has 2 aliphatic rings. The molecule has 0 spiro atoms. The predicted molar refractivity (Wildman–Crippen MR) is 102 cm³/mol. The Kier molecular flexibility index (Phi) is 4.02. The number of nitrogens with zero attached hydrogens (tertiary/aromatic N) is 4. The van der Waals surface area contributed by atoms with E-state index in [0.717, 1.165) is 6.42 Å². The van der Waals surface area contributed by atoms with Crippen LogP contribution < -0.4 is 5.32 Å². The van der Waals surface area contributed by atoms with Crippen LogP contribution >= 0.6 is 15.9 Å². The lowest BCUT2D eigenvalue weighted by atomic mass is 9.67. The highest BCUT2D eigenvalue weighted by Gasteiger charge is 2.68. The van der Waals surface area contributed by atoms with Crippen LogP contribution in [0.5, 0.6) is 0 Å². The van der Waals surface area contributed by atoms with Gasteiger partial charge < -0.3 is 5.32 Å². The molecule has 1 heterocycles. The SMILES string of the molecule is CC1(C)C2CCC1(C(=O)Nc1ccc(F)cc1Br)c1nc(C#N)c(C#N)nc12. The Labute approximate surface area is 169 Å². The Morgan fingerprint density at radius 2 is 1.96 bits per heavy atom. The summed E-state index contributed by atoms with van der Waals surface area (Å²) in [5.74, 6) is -0.713. The van der Waals surface area contributed by atoms with Gasteiger partial charge in [0.15, 0.2) is 11.4 Å². The van der Waals surface area contributed by atoms with Gasteiger partial charge in [0.2, 0.25) is 5.91 Å². The van der Waals surface area contributed by atoms with E-state index in [1.165, 1.54) is 18.2 Å². The lowest BCUT2D eigenvalue weighted by Crippen LogP contribution is -2.47. The summed E-state index contributed by atoms with van der Waals surface area (Å²) in [6.07, 6.45) is 1.30. The first kappa shape index (κ1) is 18.5. The van der Waals surface area contributed by atoms with Crippen molar-refractivity contribution < 1.29 is 9.18 Å². The number of benzene rings is 1. The van der Waals surface area contributed by atoms with Crippen molar-refractivity contribution in [2.24, 2.45) is 5.41 Å². The number of hydrogen-bond donors (Lipinski definition) is 1. The van der Waals surface area contributed by atoms with E-state index in [9.17, 15) is 19.7 Å². The van der Waals surface area contributed by atoms with Crippen LogP contribution in [0.15, 0.2) is 22.7 Å². The van der Waals surface area contributed by atoms with E-state index in [1.54, 1.807) is 0 Å². The fourth-order valence-corrected chi connectivity index (χ4v) is 5.19. The van der Waals surface area contributed by atoms with Crippen LogP contribution in [-0.4, -0.2) is 15.9 Å². The molecular formula is C20H15BrFN5O. The molecule has 2 aromatic rings. The standard InChI is InChI=1S/C20H15BrFN5O/c1-19(2)11-5-6-20(19,17-16(11)25-14(8-23)15(9-24)26-17)18(28)27-13-4-3-10(22)7-12(13)21/h3-4,7,11H,5-6H2,1-2H3,(H,27,28). The number of amides is 1. The van der Waals surface area contributed by atoms with Gasteiger partial charge in [-0.05, 0) is 52.4 Å². The molecule has 2 unspecified atom stereocenters. The fraction of sp³-hybridized carbons (Fsp3) is 0.350. The second kappa shape index (κ2) is 6.08. The van der Waals surface area contributed by atoms with Crippen molar-refractivity contribution >= 4 is 27.5 Å². The van der Waals surface area contributed by atoms with Crippen LogP contribution in [0.25, 0.3) is 0 Å². The van der Waals surface area contributed by atoms with Gasteiger partial charge >= 0.3 is 0 Å². The van der Waals surface area contributed by atoms with E-state index in [-0.39, 0.29) is 23.2 Å². The molecule has 1 aromatic carbocycles. The summed E-state index contributed by atoms with van der Waals surface area (Å²) in [7, 11) is 0. The summed E-state index contributed by atoms with van der Waals surface area (Å²) in [6.45, 7) is 3.98. The quantitative estimate of drug-likeness (QED) is 0.763. The molecule has 0 saturated heterocycles. The van der Waals surface area contributed by atoms with Gasteiger partial charge in [-0.15, -0.1) is 0 Å². The van der Waals surface area contributed by atoms with Crippen LogP contribution in [0, 0.1) is 33.9 Å². The number of halogens is 2. The summed E-state index contributed by atoms with van der Waals surface area (Å²) in [5, 5.41) is 21.5. The highest BCUT2D eigenvalue weighted by Crippen LogP contribution is 2.67. The molecule has 0 radical (unpaired) electrons. The largest absolute Gasteiger partial charge is 0.324 e. The van der Waals surface area contributed by atoms with E-state index in [4.69, 9.17) is 0 Å². The fourth-order valence-electron chi connectivity index (χ4n) is 4.74. The summed E-state index contributed by atoms with van der Waals surface area (Å²) < 4.78 is 13.8. The molecule has 1 aromatic heterocycles. The second-order valence-electron chi connectivity index (χ2n) is 7.67. The van der Waals surface area contributed by atoms with Crippen molar-refractivity contribution in [1.82, 2.24) is 9.97 Å². The Bertz CT molecular complexity index is 1120. The van der Waals surface area contributed by atoms with Crippen LogP contribution in [-0.2, 0) is 10.2 Å². The summed E-state index contributed by atoms with van der Waals surface area (Å²) in [4.78, 5) is 22.3. The molecule has 1 N–H and O–H groups in total. The normalized spacial score (nSPS) is 23.6. The third-order valence-electron chi connectivity index (χ3n) is 6.21. The number of nitrogens with one attached hydrogen (secondary N) is 1. The number of anilines is 1. The number of nitriles is 2. The van der Waals surface area contributed by atoms with Gasteiger partial charge in [-0.2, -0.15) is 10.5 Å². The third-order valence-corrected chi connectivity index (χ3v) is 6.87. The third kappa shape index (κ3) is 2.25. The van der Waals surface area contributed by atoms with Crippen molar-refractivity contribution in [1.29, 1.82) is 10.5 Å². The number of rotatable bonds is 2. The molecule has 2 aliphatic carbocycles. The number of carbonyl (C=O) groups is 1. The first-order valence-electron chi connectivity index (χ1n) is 8.75. The maximum atomic E-state index is 13.5. The average Bonchev–Trinajstić information content (AvgIpc) is 3.04. The van der Waals surface area contributed by atoms with E-state index < -0.39 is 16.6 Å². The van der Waals surface area contributed by atoms with Gasteiger partial charge in [0.25, 0.3) is 0 Å². The molecule has 4 rings (SSSR count). The Morgan fingerprint density at radius 3 is 2.61 bits per heavy atom. The van der Waals surface area contributed by atoms with Crippen LogP contribution in [0.2, 0.25) is 0 Å². The Morgan fingerprint density at radius 1 is 1.29 bits per heavy atom. The summed E-state index contributed by atoms with van der Waals surface area (Å²) >= 11 is 3.27. The lowest BCUT2D eigenvalue weighted by Gasteiger charge is -2.36. The maximum absolute atomic E-state index is 13.5. The minimum Gasteiger partial charge on any atom is -0.324 e. The molecule has 2 atom stereocenters. The Balaban J connectivity index is 1.85. The minimum atomic E-state index is -0.979. The molecule has 1 amide bonds. The molecule has 140 valence electrons. The highest BCUT2D eigenvalue weighted by molar-refractivity contribution is 9.10. The number of fused-ring (bicyclic) bond motifs is 5. The molecule has 8 heteroatoms. The van der Waals surface area contributed by atoms with Gasteiger partial charge in [0.05, 0.1) is 22.5 Å². The Hall–Kier alpha value is -2.84. The first-order valence-corrected chi connectivity index (χ1v) is 9.54. The summed E-state index contributed by atoms with van der Waals surface area (Å²) in [5.41, 5.74) is -0.00272. The van der Waals surface area contributed by atoms with E-state index in [0.29, 0.717) is 28.0 Å². The van der Waals surface area contributed by atoms with Crippen LogP contribution in [0.1, 0.15) is 55.4 Å². The zero-order valence-corrected chi connectivity index (χ0v) is 16.8. The van der Waals surface area contributed by atoms with E-state index in [2.05, 4.69) is 31.2 Å². The van der Waals surface area contributed by atoms with Crippen molar-refractivity contribution in [2.45, 2.75) is 38.0 Å². The minimum absolute atomic E-state index is 0.0126. The number of aromatic nitrogens is 2. The van der Waals surface area contributed by atoms with Gasteiger partial charge in [-0.25, -0.2) is 14.4 Å². The summed E-state index contributed by atoms with van der Waals surface area (Å²) in [6, 6.07) is 7.88. The van der Waals surface area contributed by atoms with E-state index in [1.807, 2.05) is 26.0 Å². The van der Waals surface area contributed by atoms with Gasteiger partial charge in [-0.3, -0.25) is 4.79 Å².